The van der Waals surface area contributed by atoms with Crippen molar-refractivity contribution in [1.82, 2.24) is 15.0 Å². The summed E-state index contributed by atoms with van der Waals surface area (Å²) in [7, 11) is 0. The highest BCUT2D eigenvalue weighted by Gasteiger charge is 2.26. The molecule has 0 spiro atoms. The number of nitrogens with two attached hydrogens (primary N) is 1. The Morgan fingerprint density at radius 2 is 2.10 bits per heavy atom. The van der Waals surface area contributed by atoms with Crippen molar-refractivity contribution in [2.24, 2.45) is 11.8 Å². The Morgan fingerprint density at radius 1 is 1.29 bits per heavy atom. The van der Waals surface area contributed by atoms with Crippen molar-refractivity contribution >= 4 is 11.9 Å². The average molecular weight is 296 g/mol. The van der Waals surface area contributed by atoms with Gasteiger partial charge in [-0.15, -0.1) is 0 Å². The van der Waals surface area contributed by atoms with Crippen molar-refractivity contribution in [3.63, 3.8) is 0 Å². The number of nitrogens with zero attached hydrogens (tertiary/aromatic N) is 3. The third-order valence-electron chi connectivity index (χ3n) is 3.45. The lowest BCUT2D eigenvalue weighted by Gasteiger charge is -2.17. The molecule has 1 saturated heterocycles. The lowest BCUT2D eigenvalue weighted by atomic mass is 10.00. The molecule has 2 rings (SSSR count). The summed E-state index contributed by atoms with van der Waals surface area (Å²) in [6.45, 7) is 6.30. The summed E-state index contributed by atoms with van der Waals surface area (Å²) < 4.78 is 11.1. The van der Waals surface area contributed by atoms with Gasteiger partial charge in [-0.25, -0.2) is 5.84 Å². The predicted octanol–water partition coefficient (Wildman–Crippen LogP) is 1.17. The van der Waals surface area contributed by atoms with E-state index < -0.39 is 0 Å². The third kappa shape index (κ3) is 4.40. The minimum Gasteiger partial charge on any atom is -0.463 e. The second kappa shape index (κ2) is 7.94. The minimum atomic E-state index is 0.275. The van der Waals surface area contributed by atoms with Crippen LogP contribution in [0.15, 0.2) is 0 Å². The van der Waals surface area contributed by atoms with Gasteiger partial charge >= 0.3 is 6.01 Å². The van der Waals surface area contributed by atoms with Gasteiger partial charge in [0.05, 0.1) is 12.7 Å². The van der Waals surface area contributed by atoms with Crippen molar-refractivity contribution in [2.75, 3.05) is 30.5 Å². The van der Waals surface area contributed by atoms with Crippen LogP contribution in [-0.4, -0.2) is 40.8 Å². The van der Waals surface area contributed by atoms with Gasteiger partial charge in [0.1, 0.15) is 0 Å². The topological polar surface area (TPSA) is 107 Å². The van der Waals surface area contributed by atoms with Crippen LogP contribution in [0.3, 0.4) is 0 Å². The van der Waals surface area contributed by atoms with Gasteiger partial charge in [-0.05, 0) is 19.3 Å². The standard InChI is InChI=1S/C13H24N6O2/c1-3-6-21-13-17-11(16-12(18-13)19-14)15-8-9-5-7-20-10(9)4-2/h9-10H,3-8,14H2,1-2H3,(H2,15,16,17,18,19). The third-order valence-corrected chi connectivity index (χ3v) is 3.45. The molecule has 1 fully saturated rings. The van der Waals surface area contributed by atoms with Crippen LogP contribution in [0.2, 0.25) is 0 Å². The monoisotopic (exact) mass is 296 g/mol. The number of hydrogen-bond acceptors (Lipinski definition) is 8. The van der Waals surface area contributed by atoms with Gasteiger partial charge in [0, 0.05) is 19.1 Å². The van der Waals surface area contributed by atoms with E-state index in [-0.39, 0.29) is 12.0 Å². The normalized spacial score (nSPS) is 21.3. The van der Waals surface area contributed by atoms with Crippen molar-refractivity contribution < 1.29 is 9.47 Å². The molecule has 0 aromatic carbocycles. The van der Waals surface area contributed by atoms with E-state index in [9.17, 15) is 0 Å². The van der Waals surface area contributed by atoms with Crippen LogP contribution in [0.4, 0.5) is 11.9 Å². The Bertz CT molecular complexity index is 445. The molecule has 8 nitrogen and oxygen atoms in total. The maximum atomic E-state index is 5.67. The van der Waals surface area contributed by atoms with Crippen LogP contribution >= 0.6 is 0 Å². The molecule has 118 valence electrons. The molecule has 2 heterocycles. The molecule has 1 aromatic heterocycles. The van der Waals surface area contributed by atoms with Gasteiger partial charge in [0.15, 0.2) is 0 Å². The maximum absolute atomic E-state index is 5.67. The maximum Gasteiger partial charge on any atom is 0.323 e. The molecule has 1 aliphatic rings. The van der Waals surface area contributed by atoms with Gasteiger partial charge in [0.25, 0.3) is 0 Å². The Kier molecular flexibility index (Phi) is 5.94. The van der Waals surface area contributed by atoms with Crippen molar-refractivity contribution in [1.29, 1.82) is 0 Å². The molecular formula is C13H24N6O2. The number of aromatic nitrogens is 3. The zero-order chi connectivity index (χ0) is 15.1. The second-order valence-electron chi connectivity index (χ2n) is 5.01. The van der Waals surface area contributed by atoms with Crippen molar-refractivity contribution in [2.45, 2.75) is 39.2 Å². The summed E-state index contributed by atoms with van der Waals surface area (Å²) >= 11 is 0. The first kappa shape index (κ1) is 15.7. The summed E-state index contributed by atoms with van der Waals surface area (Å²) in [6.07, 6.45) is 3.27. The zero-order valence-corrected chi connectivity index (χ0v) is 12.6. The Hall–Kier alpha value is -1.67. The lowest BCUT2D eigenvalue weighted by molar-refractivity contribution is 0.0900. The molecule has 1 aliphatic heterocycles. The largest absolute Gasteiger partial charge is 0.463 e. The fraction of sp³-hybridized carbons (Fsp3) is 0.769. The fourth-order valence-electron chi connectivity index (χ4n) is 2.36. The Morgan fingerprint density at radius 3 is 2.81 bits per heavy atom. The van der Waals surface area contributed by atoms with Gasteiger partial charge in [-0.2, -0.15) is 15.0 Å². The summed E-state index contributed by atoms with van der Waals surface area (Å²) in [5.41, 5.74) is 2.43. The zero-order valence-electron chi connectivity index (χ0n) is 12.6. The SMILES string of the molecule is CCCOc1nc(NN)nc(NCC2CCOC2CC)n1. The van der Waals surface area contributed by atoms with E-state index in [0.29, 0.717) is 24.6 Å². The van der Waals surface area contributed by atoms with E-state index in [1.807, 2.05) is 6.92 Å². The molecule has 0 bridgehead atoms. The van der Waals surface area contributed by atoms with Crippen molar-refractivity contribution in [3.8, 4) is 6.01 Å². The highest BCUT2D eigenvalue weighted by molar-refractivity contribution is 5.35. The second-order valence-corrected chi connectivity index (χ2v) is 5.01. The summed E-state index contributed by atoms with van der Waals surface area (Å²) in [5, 5.41) is 3.22. The molecule has 8 heteroatoms. The van der Waals surface area contributed by atoms with E-state index in [2.05, 4.69) is 32.6 Å². The number of anilines is 2. The number of hydrazine groups is 1. The summed E-state index contributed by atoms with van der Waals surface area (Å²) in [6, 6.07) is 0.275. The number of hydrogen-bond donors (Lipinski definition) is 3. The van der Waals surface area contributed by atoms with Gasteiger partial charge < -0.3 is 14.8 Å². The van der Waals surface area contributed by atoms with Crippen LogP contribution < -0.4 is 21.3 Å². The Labute approximate surface area is 124 Å². The molecule has 4 N–H and O–H groups in total. The Balaban J connectivity index is 1.97. The molecule has 0 amide bonds. The number of rotatable bonds is 8. The van der Waals surface area contributed by atoms with E-state index >= 15 is 0 Å². The molecule has 0 radical (unpaired) electrons. The first-order chi connectivity index (χ1) is 10.3. The molecule has 0 saturated carbocycles. The lowest BCUT2D eigenvalue weighted by Crippen LogP contribution is -2.24. The van der Waals surface area contributed by atoms with Crippen LogP contribution in [-0.2, 0) is 4.74 Å². The van der Waals surface area contributed by atoms with Gasteiger partial charge in [-0.1, -0.05) is 13.8 Å². The number of nitrogen functional groups attached to an aromatic ring is 1. The number of nitrogens with one attached hydrogen (secondary N) is 2. The first-order valence-corrected chi connectivity index (χ1v) is 7.47. The van der Waals surface area contributed by atoms with E-state index in [1.54, 1.807) is 0 Å². The van der Waals surface area contributed by atoms with Crippen LogP contribution in [0.25, 0.3) is 0 Å². The van der Waals surface area contributed by atoms with Crippen LogP contribution in [0.1, 0.15) is 33.1 Å². The average Bonchev–Trinajstić information content (AvgIpc) is 2.98. The smallest absolute Gasteiger partial charge is 0.323 e. The van der Waals surface area contributed by atoms with E-state index in [1.165, 1.54) is 0 Å². The van der Waals surface area contributed by atoms with Crippen molar-refractivity contribution in [3.05, 3.63) is 0 Å². The molecule has 2 atom stereocenters. The highest BCUT2D eigenvalue weighted by atomic mass is 16.5. The van der Waals surface area contributed by atoms with Gasteiger partial charge in [-0.3, -0.25) is 5.43 Å². The van der Waals surface area contributed by atoms with E-state index in [4.69, 9.17) is 15.3 Å². The van der Waals surface area contributed by atoms with Gasteiger partial charge in [0.2, 0.25) is 11.9 Å². The molecule has 0 aliphatic carbocycles. The van der Waals surface area contributed by atoms with Crippen LogP contribution in [0.5, 0.6) is 6.01 Å². The quantitative estimate of drug-likeness (QED) is 0.485. The molecular weight excluding hydrogens is 272 g/mol. The van der Waals surface area contributed by atoms with E-state index in [0.717, 1.165) is 32.4 Å². The summed E-state index contributed by atoms with van der Waals surface area (Å²) in [4.78, 5) is 12.5. The highest BCUT2D eigenvalue weighted by Crippen LogP contribution is 2.23. The molecule has 21 heavy (non-hydrogen) atoms. The first-order valence-electron chi connectivity index (χ1n) is 7.47. The fourth-order valence-corrected chi connectivity index (χ4v) is 2.36. The molecule has 1 aromatic rings. The molecule has 2 unspecified atom stereocenters. The number of ether oxygens (including phenoxy) is 2. The minimum absolute atomic E-state index is 0.275. The predicted molar refractivity (Wildman–Crippen MR) is 80.1 cm³/mol. The van der Waals surface area contributed by atoms with Crippen LogP contribution in [0, 0.1) is 5.92 Å². The summed E-state index contributed by atoms with van der Waals surface area (Å²) in [5.74, 6) is 6.59.